The Labute approximate surface area is 52.8 Å². The van der Waals surface area contributed by atoms with Crippen molar-refractivity contribution >= 4 is 0 Å². The van der Waals surface area contributed by atoms with Crippen LogP contribution in [0.15, 0.2) is 0 Å². The summed E-state index contributed by atoms with van der Waals surface area (Å²) in [5.74, 6) is 0. The van der Waals surface area contributed by atoms with E-state index >= 15 is 0 Å². The Morgan fingerprint density at radius 3 is 2.33 bits per heavy atom. The van der Waals surface area contributed by atoms with E-state index < -0.39 is 6.61 Å². The third-order valence-electron chi connectivity index (χ3n) is 0.859. The second-order valence-electron chi connectivity index (χ2n) is 1.64. The van der Waals surface area contributed by atoms with Gasteiger partial charge in [-0.1, -0.05) is 0 Å². The average Bonchev–Trinajstić information content (AvgIpc) is 1.83. The van der Waals surface area contributed by atoms with E-state index in [-0.39, 0.29) is 12.7 Å². The van der Waals surface area contributed by atoms with E-state index in [1.165, 1.54) is 7.11 Å². The molecule has 2 nitrogen and oxygen atoms in total. The molecule has 0 amide bonds. The minimum absolute atomic E-state index is 0.0613. The molecule has 0 saturated carbocycles. The Kier molecular flexibility index (Phi) is 4.53. The standard InChI is InChI=1S/C5H10F2O2/c1-4(8-2)3-9-5(6)7/h4-5H,3H2,1-2H3/t4-/m0/s1. The number of rotatable bonds is 4. The molecule has 0 aliphatic rings. The molecule has 0 fully saturated rings. The van der Waals surface area contributed by atoms with Crippen molar-refractivity contribution in [3.8, 4) is 0 Å². The summed E-state index contributed by atoms with van der Waals surface area (Å²) >= 11 is 0. The van der Waals surface area contributed by atoms with Crippen LogP contribution in [0.3, 0.4) is 0 Å². The molecule has 0 rings (SSSR count). The molecule has 0 N–H and O–H groups in total. The van der Waals surface area contributed by atoms with Gasteiger partial charge in [0.15, 0.2) is 0 Å². The average molecular weight is 140 g/mol. The molecule has 0 heterocycles. The van der Waals surface area contributed by atoms with E-state index in [9.17, 15) is 8.78 Å². The van der Waals surface area contributed by atoms with E-state index in [4.69, 9.17) is 0 Å². The third-order valence-corrected chi connectivity index (χ3v) is 0.859. The highest BCUT2D eigenvalue weighted by Crippen LogP contribution is 1.97. The first kappa shape index (κ1) is 8.78. The Hall–Kier alpha value is -0.220. The summed E-state index contributed by atoms with van der Waals surface area (Å²) in [6, 6.07) is 0. The van der Waals surface area contributed by atoms with Gasteiger partial charge in [0.1, 0.15) is 0 Å². The zero-order valence-electron chi connectivity index (χ0n) is 5.43. The number of alkyl halides is 2. The lowest BCUT2D eigenvalue weighted by Crippen LogP contribution is -2.15. The monoisotopic (exact) mass is 140 g/mol. The van der Waals surface area contributed by atoms with Crippen LogP contribution in [0.1, 0.15) is 6.92 Å². The summed E-state index contributed by atoms with van der Waals surface area (Å²) in [5.41, 5.74) is 0. The molecule has 0 radical (unpaired) electrons. The fourth-order valence-electron chi connectivity index (χ4n) is 0.276. The molecule has 0 aromatic carbocycles. The van der Waals surface area contributed by atoms with Crippen LogP contribution in [0.5, 0.6) is 0 Å². The van der Waals surface area contributed by atoms with E-state index in [1.807, 2.05) is 0 Å². The minimum atomic E-state index is -2.69. The summed E-state index contributed by atoms with van der Waals surface area (Å²) < 4.78 is 31.1. The highest BCUT2D eigenvalue weighted by Gasteiger charge is 2.04. The Bertz CT molecular complexity index is 68.0. The first-order chi connectivity index (χ1) is 4.16. The van der Waals surface area contributed by atoms with E-state index in [0.29, 0.717) is 0 Å². The van der Waals surface area contributed by atoms with Crippen molar-refractivity contribution in [2.75, 3.05) is 13.7 Å². The zero-order chi connectivity index (χ0) is 7.28. The van der Waals surface area contributed by atoms with Gasteiger partial charge in [-0.3, -0.25) is 0 Å². The SMILES string of the molecule is CO[C@@H](C)COC(F)F. The van der Waals surface area contributed by atoms with E-state index in [0.717, 1.165) is 0 Å². The first-order valence-corrected chi connectivity index (χ1v) is 2.59. The van der Waals surface area contributed by atoms with Crippen LogP contribution in [0.4, 0.5) is 8.78 Å². The summed E-state index contributed by atoms with van der Waals surface area (Å²) in [4.78, 5) is 0. The van der Waals surface area contributed by atoms with Gasteiger partial charge in [-0.15, -0.1) is 0 Å². The van der Waals surface area contributed by atoms with Crippen LogP contribution in [-0.2, 0) is 9.47 Å². The molecule has 0 bridgehead atoms. The molecule has 56 valence electrons. The number of halogens is 2. The predicted molar refractivity (Wildman–Crippen MR) is 28.4 cm³/mol. The van der Waals surface area contributed by atoms with Gasteiger partial charge in [0.05, 0.1) is 12.7 Å². The van der Waals surface area contributed by atoms with Crippen molar-refractivity contribution < 1.29 is 18.3 Å². The molecule has 0 unspecified atom stereocenters. The van der Waals surface area contributed by atoms with Crippen molar-refractivity contribution in [3.63, 3.8) is 0 Å². The fraction of sp³-hybridized carbons (Fsp3) is 1.00. The van der Waals surface area contributed by atoms with Gasteiger partial charge in [-0.2, -0.15) is 8.78 Å². The molecule has 0 saturated heterocycles. The molecular weight excluding hydrogens is 130 g/mol. The van der Waals surface area contributed by atoms with Crippen molar-refractivity contribution in [2.45, 2.75) is 19.6 Å². The van der Waals surface area contributed by atoms with Crippen LogP contribution in [0.25, 0.3) is 0 Å². The number of hydrogen-bond acceptors (Lipinski definition) is 2. The van der Waals surface area contributed by atoms with Gasteiger partial charge in [-0.25, -0.2) is 0 Å². The molecule has 0 aliphatic carbocycles. The van der Waals surface area contributed by atoms with Gasteiger partial charge in [0, 0.05) is 7.11 Å². The van der Waals surface area contributed by atoms with Crippen LogP contribution in [0.2, 0.25) is 0 Å². The van der Waals surface area contributed by atoms with Gasteiger partial charge >= 0.3 is 6.61 Å². The maximum Gasteiger partial charge on any atom is 0.345 e. The van der Waals surface area contributed by atoms with Crippen LogP contribution in [-0.4, -0.2) is 26.4 Å². The number of methoxy groups -OCH3 is 1. The molecule has 0 spiro atoms. The van der Waals surface area contributed by atoms with Crippen LogP contribution in [0, 0.1) is 0 Å². The third kappa shape index (κ3) is 5.65. The molecule has 0 aromatic rings. The first-order valence-electron chi connectivity index (χ1n) is 2.59. The lowest BCUT2D eigenvalue weighted by atomic mass is 10.4. The lowest BCUT2D eigenvalue weighted by molar-refractivity contribution is -0.148. The van der Waals surface area contributed by atoms with Crippen molar-refractivity contribution in [3.05, 3.63) is 0 Å². The summed E-state index contributed by atoms with van der Waals surface area (Å²) in [6.07, 6.45) is -0.265. The minimum Gasteiger partial charge on any atom is -0.379 e. The maximum atomic E-state index is 11.3. The molecule has 1 atom stereocenters. The smallest absolute Gasteiger partial charge is 0.345 e. The number of hydrogen-bond donors (Lipinski definition) is 0. The second kappa shape index (κ2) is 4.64. The number of ether oxygens (including phenoxy) is 2. The fourth-order valence-corrected chi connectivity index (χ4v) is 0.276. The quantitative estimate of drug-likeness (QED) is 0.585. The van der Waals surface area contributed by atoms with Crippen molar-refractivity contribution in [2.24, 2.45) is 0 Å². The predicted octanol–water partition coefficient (Wildman–Crippen LogP) is 1.26. The summed E-state index contributed by atoms with van der Waals surface area (Å²) in [7, 11) is 1.44. The maximum absolute atomic E-state index is 11.3. The summed E-state index contributed by atoms with van der Waals surface area (Å²) in [5, 5.41) is 0. The van der Waals surface area contributed by atoms with Gasteiger partial charge in [0.2, 0.25) is 0 Å². The van der Waals surface area contributed by atoms with Crippen molar-refractivity contribution in [1.29, 1.82) is 0 Å². The zero-order valence-corrected chi connectivity index (χ0v) is 5.43. The Balaban J connectivity index is 3.06. The Morgan fingerprint density at radius 2 is 2.00 bits per heavy atom. The van der Waals surface area contributed by atoms with E-state index in [2.05, 4.69) is 9.47 Å². The molecule has 0 aromatic heterocycles. The normalized spacial score (nSPS) is 14.3. The molecule has 9 heavy (non-hydrogen) atoms. The highest BCUT2D eigenvalue weighted by molar-refractivity contribution is 4.42. The van der Waals surface area contributed by atoms with Crippen LogP contribution < -0.4 is 0 Å². The lowest BCUT2D eigenvalue weighted by Gasteiger charge is -2.08. The summed E-state index contributed by atoms with van der Waals surface area (Å²) in [6.45, 7) is -1.10. The second-order valence-corrected chi connectivity index (χ2v) is 1.64. The molecular formula is C5H10F2O2. The molecule has 4 heteroatoms. The van der Waals surface area contributed by atoms with E-state index in [1.54, 1.807) is 6.92 Å². The highest BCUT2D eigenvalue weighted by atomic mass is 19.3. The molecule has 0 aliphatic heterocycles. The van der Waals surface area contributed by atoms with Gasteiger partial charge < -0.3 is 9.47 Å². The van der Waals surface area contributed by atoms with Crippen LogP contribution >= 0.6 is 0 Å². The topological polar surface area (TPSA) is 18.5 Å². The van der Waals surface area contributed by atoms with Crippen molar-refractivity contribution in [1.82, 2.24) is 0 Å². The Morgan fingerprint density at radius 1 is 1.44 bits per heavy atom. The van der Waals surface area contributed by atoms with Gasteiger partial charge in [0.25, 0.3) is 0 Å². The largest absolute Gasteiger partial charge is 0.379 e. The van der Waals surface area contributed by atoms with Gasteiger partial charge in [-0.05, 0) is 6.92 Å².